The fourth-order valence-corrected chi connectivity index (χ4v) is 2.31. The van der Waals surface area contributed by atoms with Gasteiger partial charge in [0.05, 0.1) is 17.0 Å². The molecule has 0 fully saturated rings. The van der Waals surface area contributed by atoms with E-state index in [2.05, 4.69) is 9.98 Å². The van der Waals surface area contributed by atoms with Crippen molar-refractivity contribution < 1.29 is 13.2 Å². The van der Waals surface area contributed by atoms with Crippen LogP contribution in [0, 0.1) is 6.92 Å². The summed E-state index contributed by atoms with van der Waals surface area (Å²) >= 11 is 1.37. The van der Waals surface area contributed by atoms with Crippen LogP contribution in [0.1, 0.15) is 23.2 Å². The number of nitrogens with zero attached hydrogens (tertiary/aromatic N) is 2. The van der Waals surface area contributed by atoms with E-state index in [1.165, 1.54) is 29.5 Å². The van der Waals surface area contributed by atoms with Crippen LogP contribution in [-0.2, 0) is 6.18 Å². The molecule has 0 unspecified atom stereocenters. The summed E-state index contributed by atoms with van der Waals surface area (Å²) < 4.78 is 38.5. The van der Waals surface area contributed by atoms with E-state index in [0.29, 0.717) is 10.7 Å². The topological polar surface area (TPSA) is 25.2 Å². The standard InChI is InChI=1S/C13H11F3N2S/c1-8-7-19-12(17-8)9(2)18-11-6-4-3-5-10(11)13(14,15)16/h3-7H,1-2H3. The van der Waals surface area contributed by atoms with Gasteiger partial charge in [-0.15, -0.1) is 11.3 Å². The highest BCUT2D eigenvalue weighted by molar-refractivity contribution is 7.11. The zero-order valence-electron chi connectivity index (χ0n) is 10.3. The van der Waals surface area contributed by atoms with Gasteiger partial charge in [0.15, 0.2) is 0 Å². The summed E-state index contributed by atoms with van der Waals surface area (Å²) in [6, 6.07) is 5.27. The molecule has 0 aliphatic carbocycles. The van der Waals surface area contributed by atoms with E-state index < -0.39 is 11.7 Å². The molecule has 2 nitrogen and oxygen atoms in total. The Hall–Kier alpha value is -1.69. The lowest BCUT2D eigenvalue weighted by atomic mass is 10.1. The maximum Gasteiger partial charge on any atom is 0.418 e. The first-order valence-electron chi connectivity index (χ1n) is 5.52. The zero-order chi connectivity index (χ0) is 14.0. The number of hydrogen-bond acceptors (Lipinski definition) is 3. The summed E-state index contributed by atoms with van der Waals surface area (Å²) in [6.07, 6.45) is -4.40. The Kier molecular flexibility index (Phi) is 3.71. The van der Waals surface area contributed by atoms with Crippen LogP contribution in [0.2, 0.25) is 0 Å². The molecule has 0 N–H and O–H groups in total. The lowest BCUT2D eigenvalue weighted by Crippen LogP contribution is -2.05. The van der Waals surface area contributed by atoms with Crippen molar-refractivity contribution in [2.75, 3.05) is 0 Å². The Balaban J connectivity index is 2.43. The number of aryl methyl sites for hydroxylation is 1. The minimum atomic E-state index is -4.40. The second-order valence-electron chi connectivity index (χ2n) is 4.01. The minimum absolute atomic E-state index is 0.0830. The fourth-order valence-electron chi connectivity index (χ4n) is 1.56. The Bertz CT molecular complexity index is 614. The molecule has 6 heteroatoms. The molecule has 0 bridgehead atoms. The van der Waals surface area contributed by atoms with Gasteiger partial charge in [0.25, 0.3) is 0 Å². The Labute approximate surface area is 112 Å². The second kappa shape index (κ2) is 5.13. The molecule has 0 saturated carbocycles. The van der Waals surface area contributed by atoms with Crippen molar-refractivity contribution in [3.8, 4) is 0 Å². The second-order valence-corrected chi connectivity index (χ2v) is 4.86. The minimum Gasteiger partial charge on any atom is -0.250 e. The molecular formula is C13H11F3N2S. The molecule has 0 spiro atoms. The largest absolute Gasteiger partial charge is 0.418 e. The predicted octanol–water partition coefficient (Wildman–Crippen LogP) is 4.61. The van der Waals surface area contributed by atoms with Crippen molar-refractivity contribution in [2.45, 2.75) is 20.0 Å². The number of para-hydroxylation sites is 1. The Morgan fingerprint density at radius 1 is 1.26 bits per heavy atom. The van der Waals surface area contributed by atoms with E-state index in [9.17, 15) is 13.2 Å². The quantitative estimate of drug-likeness (QED) is 0.739. The van der Waals surface area contributed by atoms with Gasteiger partial charge in [-0.2, -0.15) is 13.2 Å². The van der Waals surface area contributed by atoms with Crippen LogP contribution < -0.4 is 0 Å². The van der Waals surface area contributed by atoms with Crippen LogP contribution in [0.25, 0.3) is 0 Å². The number of aliphatic imine (C=N–C) groups is 1. The van der Waals surface area contributed by atoms with Gasteiger partial charge in [-0.05, 0) is 26.0 Å². The third-order valence-corrected chi connectivity index (χ3v) is 3.50. The predicted molar refractivity (Wildman–Crippen MR) is 70.2 cm³/mol. The monoisotopic (exact) mass is 284 g/mol. The summed E-state index contributed by atoms with van der Waals surface area (Å²) in [4.78, 5) is 8.26. The lowest BCUT2D eigenvalue weighted by molar-refractivity contribution is -0.137. The van der Waals surface area contributed by atoms with Gasteiger partial charge in [-0.1, -0.05) is 12.1 Å². The molecule has 2 rings (SSSR count). The van der Waals surface area contributed by atoms with Gasteiger partial charge >= 0.3 is 6.18 Å². The van der Waals surface area contributed by atoms with Crippen LogP contribution >= 0.6 is 11.3 Å². The number of hydrogen-bond donors (Lipinski definition) is 0. The van der Waals surface area contributed by atoms with E-state index in [0.717, 1.165) is 11.8 Å². The molecule has 100 valence electrons. The SMILES string of the molecule is CC(=Nc1ccccc1C(F)(F)F)c1nc(C)cs1. The molecule has 0 aliphatic rings. The molecule has 2 aromatic rings. The number of thiazole rings is 1. The lowest BCUT2D eigenvalue weighted by Gasteiger charge is -2.09. The van der Waals surface area contributed by atoms with Gasteiger partial charge in [0, 0.05) is 11.1 Å². The van der Waals surface area contributed by atoms with Gasteiger partial charge in [-0.3, -0.25) is 0 Å². The summed E-state index contributed by atoms with van der Waals surface area (Å²) in [7, 11) is 0. The molecule has 1 aromatic heterocycles. The molecular weight excluding hydrogens is 273 g/mol. The molecule has 0 amide bonds. The van der Waals surface area contributed by atoms with Crippen LogP contribution in [0.15, 0.2) is 34.6 Å². The van der Waals surface area contributed by atoms with Gasteiger partial charge in [0.1, 0.15) is 5.01 Å². The Morgan fingerprint density at radius 2 is 1.95 bits per heavy atom. The first-order chi connectivity index (χ1) is 8.88. The van der Waals surface area contributed by atoms with E-state index >= 15 is 0 Å². The number of benzene rings is 1. The number of alkyl halides is 3. The fraction of sp³-hybridized carbons (Fsp3) is 0.231. The highest BCUT2D eigenvalue weighted by Crippen LogP contribution is 2.36. The van der Waals surface area contributed by atoms with Crippen molar-refractivity contribution in [3.63, 3.8) is 0 Å². The maximum absolute atomic E-state index is 12.8. The van der Waals surface area contributed by atoms with E-state index in [-0.39, 0.29) is 5.69 Å². The van der Waals surface area contributed by atoms with E-state index in [1.54, 1.807) is 6.92 Å². The zero-order valence-corrected chi connectivity index (χ0v) is 11.1. The summed E-state index contributed by atoms with van der Waals surface area (Å²) in [6.45, 7) is 3.49. The first kappa shape index (κ1) is 13.7. The molecule has 0 radical (unpaired) electrons. The van der Waals surface area contributed by atoms with Gasteiger partial charge in [0.2, 0.25) is 0 Å². The molecule has 19 heavy (non-hydrogen) atoms. The van der Waals surface area contributed by atoms with Crippen molar-refractivity contribution in [1.29, 1.82) is 0 Å². The van der Waals surface area contributed by atoms with E-state index in [1.807, 2.05) is 12.3 Å². The smallest absolute Gasteiger partial charge is 0.250 e. The molecule has 0 atom stereocenters. The molecule has 0 aliphatic heterocycles. The Morgan fingerprint density at radius 3 is 2.53 bits per heavy atom. The summed E-state index contributed by atoms with van der Waals surface area (Å²) in [5.74, 6) is 0. The number of aromatic nitrogens is 1. The van der Waals surface area contributed by atoms with Crippen molar-refractivity contribution in [1.82, 2.24) is 4.98 Å². The third kappa shape index (κ3) is 3.20. The van der Waals surface area contributed by atoms with Crippen LogP contribution in [0.3, 0.4) is 0 Å². The summed E-state index contributed by atoms with van der Waals surface area (Å²) in [5, 5.41) is 2.47. The van der Waals surface area contributed by atoms with Gasteiger partial charge in [-0.25, -0.2) is 9.98 Å². The normalized spacial score (nSPS) is 12.8. The number of rotatable bonds is 2. The molecule has 1 heterocycles. The van der Waals surface area contributed by atoms with Crippen LogP contribution in [0.4, 0.5) is 18.9 Å². The van der Waals surface area contributed by atoms with Gasteiger partial charge < -0.3 is 0 Å². The highest BCUT2D eigenvalue weighted by atomic mass is 32.1. The third-order valence-electron chi connectivity index (χ3n) is 2.43. The molecule has 1 aromatic carbocycles. The van der Waals surface area contributed by atoms with Crippen molar-refractivity contribution in [2.24, 2.45) is 4.99 Å². The summed E-state index contributed by atoms with van der Waals surface area (Å²) in [5.41, 5.74) is 0.497. The number of halogens is 3. The maximum atomic E-state index is 12.8. The highest BCUT2D eigenvalue weighted by Gasteiger charge is 2.33. The van der Waals surface area contributed by atoms with Crippen LogP contribution in [-0.4, -0.2) is 10.7 Å². The van der Waals surface area contributed by atoms with Crippen molar-refractivity contribution >= 4 is 22.7 Å². The average Bonchev–Trinajstić information content (AvgIpc) is 2.75. The average molecular weight is 284 g/mol. The van der Waals surface area contributed by atoms with Crippen LogP contribution in [0.5, 0.6) is 0 Å². The van der Waals surface area contributed by atoms with Crippen molar-refractivity contribution in [3.05, 3.63) is 45.9 Å². The molecule has 0 saturated heterocycles. The first-order valence-corrected chi connectivity index (χ1v) is 6.40. The van der Waals surface area contributed by atoms with E-state index in [4.69, 9.17) is 0 Å².